The minimum atomic E-state index is -0.544. The summed E-state index contributed by atoms with van der Waals surface area (Å²) in [4.78, 5) is 25.7. The molecule has 4 aromatic rings. The topological polar surface area (TPSA) is 44.0 Å². The molecule has 0 spiro atoms. The molecular weight excluding hydrogens is 350 g/mol. The maximum absolute atomic E-state index is 13.8. The largest absolute Gasteiger partial charge is 0.334 e. The molecule has 0 fully saturated rings. The average molecular weight is 362 g/mol. The first-order chi connectivity index (χ1) is 13.0. The van der Waals surface area contributed by atoms with E-state index in [0.29, 0.717) is 23.4 Å². The first-order valence-corrected chi connectivity index (χ1v) is 8.37. The molecule has 3 heterocycles. The fourth-order valence-electron chi connectivity index (χ4n) is 3.70. The summed E-state index contributed by atoms with van der Waals surface area (Å²) in [6.07, 6.45) is 1.60. The highest BCUT2D eigenvalue weighted by molar-refractivity contribution is 6.10. The minimum absolute atomic E-state index is 0.0332. The lowest BCUT2D eigenvalue weighted by atomic mass is 10.1. The van der Waals surface area contributed by atoms with Crippen LogP contribution in [0, 0.1) is 11.6 Å². The van der Waals surface area contributed by atoms with Crippen molar-refractivity contribution in [1.29, 1.82) is 0 Å². The smallest absolute Gasteiger partial charge is 0.268 e. The van der Waals surface area contributed by atoms with Crippen LogP contribution in [0.2, 0.25) is 0 Å². The van der Waals surface area contributed by atoms with Gasteiger partial charge in [0.2, 0.25) is 5.43 Å². The average Bonchev–Trinajstić information content (AvgIpc) is 3.23. The first-order valence-electron chi connectivity index (χ1n) is 8.37. The van der Waals surface area contributed by atoms with Crippen LogP contribution in [0.15, 0.2) is 65.6 Å². The standard InChI is InChI=1S/C21H12F2N2O2/c22-13-5-3-12(4-6-13)11-25-16-8-7-14(23)10-15(16)20(26)18-19(25)17-2-1-9-24(17)21(18)27/h1-10H,11H2. The lowest BCUT2D eigenvalue weighted by molar-refractivity contribution is 0.0968. The Kier molecular flexibility index (Phi) is 3.18. The summed E-state index contributed by atoms with van der Waals surface area (Å²) in [7, 11) is 0. The Morgan fingerprint density at radius 2 is 1.63 bits per heavy atom. The number of carbonyl (C=O) groups is 1. The zero-order valence-electron chi connectivity index (χ0n) is 13.9. The van der Waals surface area contributed by atoms with Gasteiger partial charge in [-0.3, -0.25) is 14.2 Å². The third kappa shape index (κ3) is 2.19. The molecule has 132 valence electrons. The molecule has 27 heavy (non-hydrogen) atoms. The highest BCUT2D eigenvalue weighted by Gasteiger charge is 2.32. The molecule has 0 bridgehead atoms. The van der Waals surface area contributed by atoms with Crippen LogP contribution in [0.3, 0.4) is 0 Å². The number of aromatic nitrogens is 2. The van der Waals surface area contributed by atoms with Gasteiger partial charge in [-0.05, 0) is 48.0 Å². The number of hydrogen-bond acceptors (Lipinski definition) is 2. The number of benzene rings is 2. The zero-order chi connectivity index (χ0) is 18.7. The lowest BCUT2D eigenvalue weighted by Gasteiger charge is -2.16. The molecule has 0 saturated carbocycles. The van der Waals surface area contributed by atoms with Gasteiger partial charge in [0.25, 0.3) is 5.91 Å². The number of pyridine rings is 1. The van der Waals surface area contributed by atoms with Crippen molar-refractivity contribution in [3.63, 3.8) is 0 Å². The van der Waals surface area contributed by atoms with E-state index in [0.717, 1.165) is 11.6 Å². The normalized spacial score (nSPS) is 12.4. The number of halogens is 2. The Labute approximate surface area is 151 Å². The molecule has 1 aliphatic rings. The highest BCUT2D eigenvalue weighted by atomic mass is 19.1. The van der Waals surface area contributed by atoms with Crippen LogP contribution < -0.4 is 5.43 Å². The van der Waals surface area contributed by atoms with Gasteiger partial charge in [0, 0.05) is 18.1 Å². The summed E-state index contributed by atoms with van der Waals surface area (Å²) >= 11 is 0. The van der Waals surface area contributed by atoms with E-state index >= 15 is 0 Å². The lowest BCUT2D eigenvalue weighted by Crippen LogP contribution is -2.20. The first kappa shape index (κ1) is 15.7. The molecule has 0 atom stereocenters. The van der Waals surface area contributed by atoms with Crippen LogP contribution in [0.5, 0.6) is 0 Å². The van der Waals surface area contributed by atoms with Crippen molar-refractivity contribution in [3.8, 4) is 11.4 Å². The molecule has 5 rings (SSSR count). The quantitative estimate of drug-likeness (QED) is 0.479. The Balaban J connectivity index is 1.87. The van der Waals surface area contributed by atoms with E-state index in [1.54, 1.807) is 30.5 Å². The number of carbonyl (C=O) groups excluding carboxylic acids is 1. The van der Waals surface area contributed by atoms with Gasteiger partial charge >= 0.3 is 0 Å². The van der Waals surface area contributed by atoms with Gasteiger partial charge in [-0.2, -0.15) is 0 Å². The Morgan fingerprint density at radius 1 is 0.889 bits per heavy atom. The molecule has 0 radical (unpaired) electrons. The molecule has 2 aromatic heterocycles. The Hall–Kier alpha value is -3.54. The molecule has 0 saturated heterocycles. The molecule has 2 aromatic carbocycles. The minimum Gasteiger partial charge on any atom is -0.334 e. The molecule has 0 unspecified atom stereocenters. The summed E-state index contributed by atoms with van der Waals surface area (Å²) < 4.78 is 30.3. The van der Waals surface area contributed by atoms with E-state index in [2.05, 4.69) is 0 Å². The summed E-state index contributed by atoms with van der Waals surface area (Å²) in [5.74, 6) is -1.31. The third-order valence-electron chi connectivity index (χ3n) is 4.91. The molecule has 1 aliphatic heterocycles. The predicted octanol–water partition coefficient (Wildman–Crippen LogP) is 3.80. The van der Waals surface area contributed by atoms with Crippen molar-refractivity contribution in [2.75, 3.05) is 0 Å². The van der Waals surface area contributed by atoms with Crippen LogP contribution in [0.4, 0.5) is 8.78 Å². The van der Waals surface area contributed by atoms with Crippen LogP contribution in [-0.4, -0.2) is 15.0 Å². The van der Waals surface area contributed by atoms with E-state index in [4.69, 9.17) is 0 Å². The highest BCUT2D eigenvalue weighted by Crippen LogP contribution is 2.33. The number of rotatable bonds is 2. The maximum atomic E-state index is 13.8. The fraction of sp³-hybridized carbons (Fsp3) is 0.0476. The van der Waals surface area contributed by atoms with Gasteiger partial charge in [-0.1, -0.05) is 12.1 Å². The van der Waals surface area contributed by atoms with Gasteiger partial charge in [0.15, 0.2) is 0 Å². The summed E-state index contributed by atoms with van der Waals surface area (Å²) in [6.45, 7) is 0.309. The Morgan fingerprint density at radius 3 is 2.41 bits per heavy atom. The number of fused-ring (bicyclic) bond motifs is 4. The third-order valence-corrected chi connectivity index (χ3v) is 4.91. The van der Waals surface area contributed by atoms with Gasteiger partial charge in [-0.15, -0.1) is 0 Å². The fourth-order valence-corrected chi connectivity index (χ4v) is 3.70. The summed E-state index contributed by atoms with van der Waals surface area (Å²) in [5.41, 5.74) is 1.98. The van der Waals surface area contributed by atoms with Gasteiger partial charge in [0.1, 0.15) is 17.2 Å². The molecule has 0 N–H and O–H groups in total. The van der Waals surface area contributed by atoms with Crippen molar-refractivity contribution >= 4 is 16.8 Å². The van der Waals surface area contributed by atoms with Gasteiger partial charge < -0.3 is 4.57 Å². The van der Waals surface area contributed by atoms with Crippen LogP contribution >= 0.6 is 0 Å². The maximum Gasteiger partial charge on any atom is 0.268 e. The molecule has 0 aliphatic carbocycles. The van der Waals surface area contributed by atoms with Crippen molar-refractivity contribution in [2.45, 2.75) is 6.54 Å². The van der Waals surface area contributed by atoms with E-state index in [1.165, 1.54) is 28.8 Å². The molecule has 6 heteroatoms. The van der Waals surface area contributed by atoms with E-state index in [-0.39, 0.29) is 16.8 Å². The SMILES string of the molecule is O=C1c2c(n(Cc3ccc(F)cc3)c3ccc(F)cc3c2=O)-c2cccn21. The van der Waals surface area contributed by atoms with Crippen LogP contribution in [0.25, 0.3) is 22.3 Å². The summed E-state index contributed by atoms with van der Waals surface area (Å²) in [5, 5.41) is 0.148. The van der Waals surface area contributed by atoms with Crippen molar-refractivity contribution in [1.82, 2.24) is 9.13 Å². The molecule has 4 nitrogen and oxygen atoms in total. The second-order valence-corrected chi connectivity index (χ2v) is 6.50. The molecular formula is C21H12F2N2O2. The zero-order valence-corrected chi connectivity index (χ0v) is 13.9. The molecule has 0 amide bonds. The van der Waals surface area contributed by atoms with Crippen molar-refractivity contribution in [2.24, 2.45) is 0 Å². The van der Waals surface area contributed by atoms with E-state index in [1.807, 2.05) is 4.57 Å². The second-order valence-electron chi connectivity index (χ2n) is 6.50. The van der Waals surface area contributed by atoms with E-state index < -0.39 is 17.2 Å². The van der Waals surface area contributed by atoms with Gasteiger partial charge in [-0.25, -0.2) is 8.78 Å². The predicted molar refractivity (Wildman–Crippen MR) is 96.8 cm³/mol. The van der Waals surface area contributed by atoms with Crippen LogP contribution in [0.1, 0.15) is 15.9 Å². The van der Waals surface area contributed by atoms with Crippen LogP contribution in [-0.2, 0) is 6.54 Å². The number of hydrogen-bond donors (Lipinski definition) is 0. The number of nitrogens with zero attached hydrogens (tertiary/aromatic N) is 2. The van der Waals surface area contributed by atoms with Gasteiger partial charge in [0.05, 0.1) is 16.9 Å². The van der Waals surface area contributed by atoms with Crippen molar-refractivity contribution < 1.29 is 13.6 Å². The van der Waals surface area contributed by atoms with E-state index in [9.17, 15) is 18.4 Å². The monoisotopic (exact) mass is 362 g/mol. The van der Waals surface area contributed by atoms with Crippen molar-refractivity contribution in [3.05, 3.63) is 93.8 Å². The second kappa shape index (κ2) is 5.48. The summed E-state index contributed by atoms with van der Waals surface area (Å²) in [6, 6.07) is 13.5. The Bertz CT molecular complexity index is 1300.